The predicted octanol–water partition coefficient (Wildman–Crippen LogP) is 2.31. The van der Waals surface area contributed by atoms with E-state index in [2.05, 4.69) is 10.8 Å². The molecule has 1 aromatic rings. The summed E-state index contributed by atoms with van der Waals surface area (Å²) >= 11 is 0. The van der Waals surface area contributed by atoms with E-state index in [-0.39, 0.29) is 10.8 Å². The minimum absolute atomic E-state index is 0.0805. The molecule has 110 valence electrons. The van der Waals surface area contributed by atoms with E-state index in [0.29, 0.717) is 5.56 Å². The molecule has 0 spiro atoms. The van der Waals surface area contributed by atoms with Gasteiger partial charge in [0.2, 0.25) is 10.0 Å². The molecule has 0 amide bonds. The second-order valence-electron chi connectivity index (χ2n) is 5.26. The maximum atomic E-state index is 12.3. The molecule has 0 aliphatic heterocycles. The number of sulfonamides is 1. The van der Waals surface area contributed by atoms with E-state index < -0.39 is 16.1 Å². The van der Waals surface area contributed by atoms with Gasteiger partial charge in [0.15, 0.2) is 0 Å². The monoisotopic (exact) mass is 303 g/mol. The summed E-state index contributed by atoms with van der Waals surface area (Å²) in [5.41, 5.74) is 0.401. The Morgan fingerprint density at radius 1 is 1.10 bits per heavy atom. The van der Waals surface area contributed by atoms with Crippen LogP contribution in [-0.2, 0) is 10.0 Å². The molecule has 21 heavy (non-hydrogen) atoms. The fourth-order valence-electron chi connectivity index (χ4n) is 2.64. The zero-order chi connectivity index (χ0) is 15.3. The molecule has 1 saturated carbocycles. The van der Waals surface area contributed by atoms with Crippen molar-refractivity contribution >= 4 is 10.0 Å². The summed E-state index contributed by atoms with van der Waals surface area (Å²) in [6.07, 6.45) is 5.00. The van der Waals surface area contributed by atoms with Crippen LogP contribution in [0.4, 0.5) is 0 Å². The molecule has 1 aliphatic carbocycles. The van der Waals surface area contributed by atoms with Crippen LogP contribution >= 0.6 is 0 Å². The van der Waals surface area contributed by atoms with Gasteiger partial charge < -0.3 is 0 Å². The molecule has 0 heterocycles. The lowest BCUT2D eigenvalue weighted by Crippen LogP contribution is -2.40. The van der Waals surface area contributed by atoms with Gasteiger partial charge in [0.05, 0.1) is 22.6 Å². The van der Waals surface area contributed by atoms with E-state index in [9.17, 15) is 13.7 Å². The van der Waals surface area contributed by atoms with Crippen molar-refractivity contribution in [3.8, 4) is 12.1 Å². The molecule has 0 saturated heterocycles. The predicted molar refractivity (Wildman–Crippen MR) is 77.5 cm³/mol. The van der Waals surface area contributed by atoms with E-state index in [1.807, 2.05) is 6.07 Å². The third-order valence-electron chi connectivity index (χ3n) is 3.84. The van der Waals surface area contributed by atoms with Crippen molar-refractivity contribution < 1.29 is 8.42 Å². The minimum atomic E-state index is -3.73. The molecule has 2 rings (SSSR count). The topological polar surface area (TPSA) is 93.8 Å². The van der Waals surface area contributed by atoms with Gasteiger partial charge in [-0.1, -0.05) is 19.3 Å². The number of nitrogens with one attached hydrogen (secondary N) is 1. The molecular formula is C15H17N3O2S. The van der Waals surface area contributed by atoms with E-state index in [0.717, 1.165) is 32.1 Å². The zero-order valence-corrected chi connectivity index (χ0v) is 12.4. The van der Waals surface area contributed by atoms with Crippen LogP contribution in [0, 0.1) is 28.6 Å². The number of hydrogen-bond donors (Lipinski definition) is 1. The highest BCUT2D eigenvalue weighted by atomic mass is 32.2. The van der Waals surface area contributed by atoms with Crippen LogP contribution in [0.2, 0.25) is 0 Å². The second-order valence-corrected chi connectivity index (χ2v) is 6.98. The van der Waals surface area contributed by atoms with Crippen LogP contribution in [0.25, 0.3) is 0 Å². The number of hydrogen-bond acceptors (Lipinski definition) is 4. The summed E-state index contributed by atoms with van der Waals surface area (Å²) in [6.45, 7) is 0. The van der Waals surface area contributed by atoms with Gasteiger partial charge in [-0.15, -0.1) is 0 Å². The third kappa shape index (κ3) is 3.81. The SMILES string of the molecule is N#Cc1ccc(S(=O)(=O)NC(C#N)C2CCCCC2)cc1. The van der Waals surface area contributed by atoms with Crippen LogP contribution in [0.3, 0.4) is 0 Å². The summed E-state index contributed by atoms with van der Waals surface area (Å²) in [6, 6.07) is 9.01. The van der Waals surface area contributed by atoms with Gasteiger partial charge in [-0.25, -0.2) is 8.42 Å². The fraction of sp³-hybridized carbons (Fsp3) is 0.467. The molecule has 0 bridgehead atoms. The summed E-state index contributed by atoms with van der Waals surface area (Å²) in [7, 11) is -3.73. The standard InChI is InChI=1S/C15H17N3O2S/c16-10-12-6-8-14(9-7-12)21(19,20)18-15(11-17)13-4-2-1-3-5-13/h6-9,13,15,18H,1-5H2. The average molecular weight is 303 g/mol. The number of benzene rings is 1. The Labute approximate surface area is 125 Å². The van der Waals surface area contributed by atoms with Gasteiger partial charge in [-0.05, 0) is 43.0 Å². The fourth-order valence-corrected chi connectivity index (χ4v) is 3.85. The highest BCUT2D eigenvalue weighted by Gasteiger charge is 2.28. The normalized spacial score (nSPS) is 17.6. The molecule has 1 N–H and O–H groups in total. The van der Waals surface area contributed by atoms with Crippen LogP contribution < -0.4 is 4.72 Å². The lowest BCUT2D eigenvalue weighted by molar-refractivity contribution is 0.324. The molecule has 5 nitrogen and oxygen atoms in total. The first-order valence-electron chi connectivity index (χ1n) is 6.99. The van der Waals surface area contributed by atoms with E-state index >= 15 is 0 Å². The Morgan fingerprint density at radius 3 is 2.24 bits per heavy atom. The van der Waals surface area contributed by atoms with Gasteiger partial charge in [-0.2, -0.15) is 15.2 Å². The van der Waals surface area contributed by atoms with Crippen molar-refractivity contribution in [2.75, 3.05) is 0 Å². The van der Waals surface area contributed by atoms with Crippen molar-refractivity contribution in [2.45, 2.75) is 43.0 Å². The first-order valence-corrected chi connectivity index (χ1v) is 8.47. The van der Waals surface area contributed by atoms with Crippen LogP contribution in [0.15, 0.2) is 29.2 Å². The molecule has 1 unspecified atom stereocenters. The minimum Gasteiger partial charge on any atom is -0.207 e. The first kappa shape index (κ1) is 15.5. The lowest BCUT2D eigenvalue weighted by Gasteiger charge is -2.26. The van der Waals surface area contributed by atoms with Crippen molar-refractivity contribution in [1.82, 2.24) is 4.72 Å². The highest BCUT2D eigenvalue weighted by Crippen LogP contribution is 2.27. The lowest BCUT2D eigenvalue weighted by atomic mass is 9.85. The molecule has 1 atom stereocenters. The Morgan fingerprint density at radius 2 is 1.71 bits per heavy atom. The number of nitrogens with zero attached hydrogens (tertiary/aromatic N) is 2. The van der Waals surface area contributed by atoms with Crippen molar-refractivity contribution in [3.63, 3.8) is 0 Å². The first-order chi connectivity index (χ1) is 10.1. The van der Waals surface area contributed by atoms with E-state index in [1.54, 1.807) is 0 Å². The summed E-state index contributed by atoms with van der Waals surface area (Å²) in [5.74, 6) is 0.0805. The maximum absolute atomic E-state index is 12.3. The molecule has 1 aromatic carbocycles. The summed E-state index contributed by atoms with van der Waals surface area (Å²) in [4.78, 5) is 0.0811. The van der Waals surface area contributed by atoms with Crippen molar-refractivity contribution in [3.05, 3.63) is 29.8 Å². The molecule has 0 aromatic heterocycles. The molecule has 1 aliphatic rings. The molecule has 0 radical (unpaired) electrons. The maximum Gasteiger partial charge on any atom is 0.241 e. The largest absolute Gasteiger partial charge is 0.241 e. The van der Waals surface area contributed by atoms with E-state index in [4.69, 9.17) is 5.26 Å². The van der Waals surface area contributed by atoms with Gasteiger partial charge in [0.25, 0.3) is 0 Å². The van der Waals surface area contributed by atoms with Crippen LogP contribution in [0.1, 0.15) is 37.7 Å². The summed E-state index contributed by atoms with van der Waals surface area (Å²) in [5, 5.41) is 18.0. The third-order valence-corrected chi connectivity index (χ3v) is 5.29. The Balaban J connectivity index is 2.15. The molecular weight excluding hydrogens is 286 g/mol. The van der Waals surface area contributed by atoms with Gasteiger partial charge >= 0.3 is 0 Å². The van der Waals surface area contributed by atoms with Gasteiger partial charge in [0, 0.05) is 0 Å². The summed E-state index contributed by atoms with van der Waals surface area (Å²) < 4.78 is 27.1. The van der Waals surface area contributed by atoms with Crippen LogP contribution in [-0.4, -0.2) is 14.5 Å². The second kappa shape index (κ2) is 6.71. The smallest absolute Gasteiger partial charge is 0.207 e. The average Bonchev–Trinajstić information content (AvgIpc) is 2.53. The molecule has 1 fully saturated rings. The Kier molecular flexibility index (Phi) is 4.95. The Hall–Kier alpha value is -1.89. The van der Waals surface area contributed by atoms with Crippen LogP contribution in [0.5, 0.6) is 0 Å². The van der Waals surface area contributed by atoms with Crippen molar-refractivity contribution in [1.29, 1.82) is 10.5 Å². The van der Waals surface area contributed by atoms with E-state index in [1.165, 1.54) is 24.3 Å². The number of nitriles is 2. The molecule has 6 heteroatoms. The van der Waals surface area contributed by atoms with Gasteiger partial charge in [0.1, 0.15) is 6.04 Å². The van der Waals surface area contributed by atoms with Crippen molar-refractivity contribution in [2.24, 2.45) is 5.92 Å². The zero-order valence-electron chi connectivity index (χ0n) is 11.6. The number of rotatable bonds is 4. The van der Waals surface area contributed by atoms with Gasteiger partial charge in [-0.3, -0.25) is 0 Å². The Bertz CT molecular complexity index is 662. The highest BCUT2D eigenvalue weighted by molar-refractivity contribution is 7.89. The quantitative estimate of drug-likeness (QED) is 0.923.